The Labute approximate surface area is 75.7 Å². The molecular formula is C8H12N2OS. The summed E-state index contributed by atoms with van der Waals surface area (Å²) in [6.45, 7) is 0.964. The van der Waals surface area contributed by atoms with Gasteiger partial charge in [0.05, 0.1) is 12.1 Å². The molecule has 0 bridgehead atoms. The highest BCUT2D eigenvalue weighted by Crippen LogP contribution is 2.31. The lowest BCUT2D eigenvalue weighted by atomic mass is 10.2. The third-order valence-corrected chi connectivity index (χ3v) is 3.17. The van der Waals surface area contributed by atoms with Crippen LogP contribution in [0, 0.1) is 0 Å². The molecule has 1 saturated heterocycles. The van der Waals surface area contributed by atoms with Crippen LogP contribution in [-0.4, -0.2) is 34.7 Å². The van der Waals surface area contributed by atoms with Gasteiger partial charge in [0.1, 0.15) is 5.01 Å². The van der Waals surface area contributed by atoms with Crippen molar-refractivity contribution >= 4 is 11.3 Å². The molecule has 0 amide bonds. The molecule has 4 heteroatoms. The summed E-state index contributed by atoms with van der Waals surface area (Å²) in [5, 5.41) is 12.6. The largest absolute Gasteiger partial charge is 0.391 e. The van der Waals surface area contributed by atoms with Crippen molar-refractivity contribution in [2.45, 2.75) is 18.6 Å². The van der Waals surface area contributed by atoms with E-state index in [2.05, 4.69) is 9.88 Å². The van der Waals surface area contributed by atoms with Gasteiger partial charge in [-0.3, -0.25) is 4.90 Å². The first-order valence-electron chi connectivity index (χ1n) is 4.07. The van der Waals surface area contributed by atoms with Crippen molar-refractivity contribution in [3.8, 4) is 0 Å². The molecule has 0 aliphatic carbocycles. The minimum atomic E-state index is -0.235. The normalized spacial score (nSPS) is 31.2. The van der Waals surface area contributed by atoms with Crippen LogP contribution in [0.2, 0.25) is 0 Å². The van der Waals surface area contributed by atoms with Gasteiger partial charge in [-0.05, 0) is 13.5 Å². The molecule has 1 fully saturated rings. The summed E-state index contributed by atoms with van der Waals surface area (Å²) in [6.07, 6.45) is 2.42. The van der Waals surface area contributed by atoms with Gasteiger partial charge < -0.3 is 5.11 Å². The fraction of sp³-hybridized carbons (Fsp3) is 0.625. The Morgan fingerprint density at radius 2 is 2.58 bits per heavy atom. The number of likely N-dealkylation sites (N-methyl/N-ethyl adjacent to an activating group) is 1. The molecular weight excluding hydrogens is 172 g/mol. The van der Waals surface area contributed by atoms with E-state index < -0.39 is 0 Å². The Balaban J connectivity index is 2.22. The molecule has 2 unspecified atom stereocenters. The van der Waals surface area contributed by atoms with Crippen molar-refractivity contribution in [2.24, 2.45) is 0 Å². The van der Waals surface area contributed by atoms with Crippen LogP contribution >= 0.6 is 11.3 Å². The van der Waals surface area contributed by atoms with Crippen LogP contribution < -0.4 is 0 Å². The zero-order valence-electron chi connectivity index (χ0n) is 6.97. The van der Waals surface area contributed by atoms with Crippen LogP contribution in [0.3, 0.4) is 0 Å². The first-order valence-corrected chi connectivity index (χ1v) is 4.94. The van der Waals surface area contributed by atoms with Crippen LogP contribution in [0.25, 0.3) is 0 Å². The first kappa shape index (κ1) is 8.16. The van der Waals surface area contributed by atoms with E-state index >= 15 is 0 Å². The van der Waals surface area contributed by atoms with E-state index in [1.54, 1.807) is 17.5 Å². The molecule has 2 atom stereocenters. The monoisotopic (exact) mass is 184 g/mol. The molecule has 0 saturated carbocycles. The maximum atomic E-state index is 9.66. The van der Waals surface area contributed by atoms with Crippen LogP contribution in [0.5, 0.6) is 0 Å². The topological polar surface area (TPSA) is 36.4 Å². The van der Waals surface area contributed by atoms with Crippen molar-refractivity contribution in [3.05, 3.63) is 16.6 Å². The smallest absolute Gasteiger partial charge is 0.112 e. The van der Waals surface area contributed by atoms with Gasteiger partial charge in [0.2, 0.25) is 0 Å². The highest BCUT2D eigenvalue weighted by Gasteiger charge is 2.32. The SMILES string of the molecule is CN1CCC(O)C1c1nccs1. The van der Waals surface area contributed by atoms with Crippen molar-refractivity contribution < 1.29 is 5.11 Å². The van der Waals surface area contributed by atoms with Crippen LogP contribution in [-0.2, 0) is 0 Å². The molecule has 2 rings (SSSR count). The van der Waals surface area contributed by atoms with Crippen molar-refractivity contribution in [3.63, 3.8) is 0 Å². The van der Waals surface area contributed by atoms with Gasteiger partial charge in [-0.2, -0.15) is 0 Å². The highest BCUT2D eigenvalue weighted by atomic mass is 32.1. The summed E-state index contributed by atoms with van der Waals surface area (Å²) in [7, 11) is 2.03. The fourth-order valence-electron chi connectivity index (χ4n) is 1.66. The van der Waals surface area contributed by atoms with E-state index in [1.807, 2.05) is 12.4 Å². The van der Waals surface area contributed by atoms with E-state index in [-0.39, 0.29) is 12.1 Å². The number of hydrogen-bond acceptors (Lipinski definition) is 4. The molecule has 3 nitrogen and oxygen atoms in total. The Bertz CT molecular complexity index is 240. The van der Waals surface area contributed by atoms with Gasteiger partial charge >= 0.3 is 0 Å². The van der Waals surface area contributed by atoms with Gasteiger partial charge in [-0.1, -0.05) is 0 Å². The molecule has 1 aromatic heterocycles. The highest BCUT2D eigenvalue weighted by molar-refractivity contribution is 7.09. The number of aromatic nitrogens is 1. The summed E-state index contributed by atoms with van der Waals surface area (Å²) < 4.78 is 0. The van der Waals surface area contributed by atoms with Crippen molar-refractivity contribution in [2.75, 3.05) is 13.6 Å². The lowest BCUT2D eigenvalue weighted by Crippen LogP contribution is -2.23. The van der Waals surface area contributed by atoms with Gasteiger partial charge in [0.25, 0.3) is 0 Å². The fourth-order valence-corrected chi connectivity index (χ4v) is 2.52. The second-order valence-corrected chi connectivity index (χ2v) is 4.08. The number of rotatable bonds is 1. The van der Waals surface area contributed by atoms with E-state index in [4.69, 9.17) is 0 Å². The third-order valence-electron chi connectivity index (χ3n) is 2.32. The molecule has 2 heterocycles. The molecule has 1 N–H and O–H groups in total. The summed E-state index contributed by atoms with van der Waals surface area (Å²) in [5.74, 6) is 0. The maximum absolute atomic E-state index is 9.66. The standard InChI is InChI=1S/C8H12N2OS/c1-10-4-2-6(11)7(10)8-9-3-5-12-8/h3,5-7,11H,2,4H2,1H3. The Morgan fingerprint density at radius 1 is 1.75 bits per heavy atom. The average molecular weight is 184 g/mol. The van der Waals surface area contributed by atoms with Crippen LogP contribution in [0.4, 0.5) is 0 Å². The van der Waals surface area contributed by atoms with Crippen LogP contribution in [0.1, 0.15) is 17.5 Å². The Morgan fingerprint density at radius 3 is 3.08 bits per heavy atom. The lowest BCUT2D eigenvalue weighted by molar-refractivity contribution is 0.127. The van der Waals surface area contributed by atoms with E-state index in [9.17, 15) is 5.11 Å². The Hall–Kier alpha value is -0.450. The van der Waals surface area contributed by atoms with E-state index in [1.165, 1.54) is 0 Å². The Kier molecular flexibility index (Phi) is 2.12. The summed E-state index contributed by atoms with van der Waals surface area (Å²) in [6, 6.07) is 0.130. The van der Waals surface area contributed by atoms with Gasteiger partial charge in [-0.25, -0.2) is 4.98 Å². The lowest BCUT2D eigenvalue weighted by Gasteiger charge is -2.18. The first-order chi connectivity index (χ1) is 5.79. The van der Waals surface area contributed by atoms with E-state index in [0.717, 1.165) is 18.0 Å². The minimum absolute atomic E-state index is 0.130. The molecule has 0 spiro atoms. The van der Waals surface area contributed by atoms with Crippen molar-refractivity contribution in [1.29, 1.82) is 0 Å². The van der Waals surface area contributed by atoms with Crippen molar-refractivity contribution in [1.82, 2.24) is 9.88 Å². The van der Waals surface area contributed by atoms with Crippen LogP contribution in [0.15, 0.2) is 11.6 Å². The minimum Gasteiger partial charge on any atom is -0.391 e. The molecule has 12 heavy (non-hydrogen) atoms. The number of likely N-dealkylation sites (tertiary alicyclic amines) is 1. The van der Waals surface area contributed by atoms with Gasteiger partial charge in [0, 0.05) is 18.1 Å². The second kappa shape index (κ2) is 3.12. The number of thiazole rings is 1. The molecule has 1 aliphatic rings. The zero-order chi connectivity index (χ0) is 8.55. The maximum Gasteiger partial charge on any atom is 0.112 e. The summed E-state index contributed by atoms with van der Waals surface area (Å²) >= 11 is 1.61. The number of nitrogens with zero attached hydrogens (tertiary/aromatic N) is 2. The summed E-state index contributed by atoms with van der Waals surface area (Å²) in [5.41, 5.74) is 0. The summed E-state index contributed by atoms with van der Waals surface area (Å²) in [4.78, 5) is 6.37. The third kappa shape index (κ3) is 1.26. The molecule has 0 aromatic carbocycles. The molecule has 0 radical (unpaired) electrons. The predicted molar refractivity (Wildman–Crippen MR) is 48.1 cm³/mol. The zero-order valence-corrected chi connectivity index (χ0v) is 7.79. The molecule has 66 valence electrons. The molecule has 1 aromatic rings. The average Bonchev–Trinajstić information content (AvgIpc) is 2.61. The predicted octanol–water partition coefficient (Wildman–Crippen LogP) is 0.881. The van der Waals surface area contributed by atoms with Gasteiger partial charge in [0.15, 0.2) is 0 Å². The van der Waals surface area contributed by atoms with E-state index in [0.29, 0.717) is 0 Å². The molecule has 1 aliphatic heterocycles. The number of aliphatic hydroxyl groups excluding tert-OH is 1. The second-order valence-electron chi connectivity index (χ2n) is 3.15. The quantitative estimate of drug-likeness (QED) is 0.704. The number of aliphatic hydroxyl groups is 1. The van der Waals surface area contributed by atoms with Gasteiger partial charge in [-0.15, -0.1) is 11.3 Å². The number of hydrogen-bond donors (Lipinski definition) is 1.